The highest BCUT2D eigenvalue weighted by molar-refractivity contribution is 6.17. The average molecular weight is 224 g/mol. The van der Waals surface area contributed by atoms with E-state index in [2.05, 4.69) is 17.4 Å². The predicted octanol–water partition coefficient (Wildman–Crippen LogP) is 2.49. The molecule has 0 unspecified atom stereocenters. The fraction of sp³-hybridized carbons (Fsp3) is 0.417. The Balaban J connectivity index is 2.02. The van der Waals surface area contributed by atoms with Crippen LogP contribution in [-0.4, -0.2) is 11.8 Å². The lowest BCUT2D eigenvalue weighted by molar-refractivity contribution is -0.135. The van der Waals surface area contributed by atoms with Gasteiger partial charge in [0, 0.05) is 5.88 Å². The van der Waals surface area contributed by atoms with Gasteiger partial charge in [-0.3, -0.25) is 4.79 Å². The summed E-state index contributed by atoms with van der Waals surface area (Å²) in [6.07, 6.45) is 1.79. The van der Waals surface area contributed by atoms with Gasteiger partial charge in [-0.2, -0.15) is 0 Å². The van der Waals surface area contributed by atoms with E-state index in [9.17, 15) is 4.79 Å². The molecule has 1 aromatic rings. The third-order valence-corrected chi connectivity index (χ3v) is 3.11. The average Bonchev–Trinajstić information content (AvgIpc) is 2.27. The van der Waals surface area contributed by atoms with Crippen molar-refractivity contribution in [3.63, 3.8) is 0 Å². The van der Waals surface area contributed by atoms with Crippen molar-refractivity contribution in [3.8, 4) is 0 Å². The van der Waals surface area contributed by atoms with Gasteiger partial charge in [-0.05, 0) is 18.4 Å². The first kappa shape index (κ1) is 10.5. The van der Waals surface area contributed by atoms with E-state index >= 15 is 0 Å². The van der Waals surface area contributed by atoms with Gasteiger partial charge in [0.2, 0.25) is 5.91 Å². The van der Waals surface area contributed by atoms with Crippen molar-refractivity contribution in [2.24, 2.45) is 5.92 Å². The van der Waals surface area contributed by atoms with E-state index in [1.165, 1.54) is 5.56 Å². The molecule has 3 heteroatoms. The first-order valence-electron chi connectivity index (χ1n) is 5.24. The van der Waals surface area contributed by atoms with Crippen LogP contribution in [0.3, 0.4) is 0 Å². The molecule has 1 heterocycles. The van der Waals surface area contributed by atoms with Gasteiger partial charge in [-0.1, -0.05) is 30.3 Å². The lowest BCUT2D eigenvalue weighted by Crippen LogP contribution is -2.51. The third-order valence-electron chi connectivity index (χ3n) is 2.84. The molecule has 0 spiro atoms. The summed E-state index contributed by atoms with van der Waals surface area (Å²) < 4.78 is 0. The Hall–Kier alpha value is -1.02. The Morgan fingerprint density at radius 1 is 1.27 bits per heavy atom. The van der Waals surface area contributed by atoms with Crippen molar-refractivity contribution >= 4 is 17.5 Å². The first-order valence-corrected chi connectivity index (χ1v) is 5.77. The Bertz CT molecular complexity index is 339. The second-order valence-electron chi connectivity index (χ2n) is 3.83. The molecule has 15 heavy (non-hydrogen) atoms. The second kappa shape index (κ2) is 4.67. The summed E-state index contributed by atoms with van der Waals surface area (Å²) in [5.41, 5.74) is 1.19. The fourth-order valence-corrected chi connectivity index (χ4v) is 2.14. The zero-order valence-corrected chi connectivity index (χ0v) is 9.20. The van der Waals surface area contributed by atoms with E-state index in [1.54, 1.807) is 0 Å². The summed E-state index contributed by atoms with van der Waals surface area (Å²) in [6, 6.07) is 10.3. The van der Waals surface area contributed by atoms with Crippen LogP contribution in [0.5, 0.6) is 0 Å². The Morgan fingerprint density at radius 2 is 2.00 bits per heavy atom. The van der Waals surface area contributed by atoms with Crippen LogP contribution >= 0.6 is 11.6 Å². The summed E-state index contributed by atoms with van der Waals surface area (Å²) in [5, 5.41) is 2.94. The SMILES string of the molecule is O=C1N[C@H](c2ccccc2)[C@H]1CCCCl. The fourth-order valence-electron chi connectivity index (χ4n) is 1.99. The number of amides is 1. The smallest absolute Gasteiger partial charge is 0.226 e. The first-order chi connectivity index (χ1) is 7.33. The molecule has 0 saturated carbocycles. The number of halogens is 1. The molecule has 0 bridgehead atoms. The zero-order chi connectivity index (χ0) is 10.7. The van der Waals surface area contributed by atoms with Gasteiger partial charge >= 0.3 is 0 Å². The van der Waals surface area contributed by atoms with Crippen LogP contribution in [0.4, 0.5) is 0 Å². The summed E-state index contributed by atoms with van der Waals surface area (Å²) >= 11 is 5.64. The minimum absolute atomic E-state index is 0.117. The number of carbonyl (C=O) groups is 1. The van der Waals surface area contributed by atoms with Crippen molar-refractivity contribution < 1.29 is 4.79 Å². The van der Waals surface area contributed by atoms with E-state index in [1.807, 2.05) is 18.2 Å². The second-order valence-corrected chi connectivity index (χ2v) is 4.21. The van der Waals surface area contributed by atoms with Gasteiger partial charge in [-0.25, -0.2) is 0 Å². The minimum atomic E-state index is 0.117. The summed E-state index contributed by atoms with van der Waals surface area (Å²) in [6.45, 7) is 0. The van der Waals surface area contributed by atoms with Gasteiger partial charge in [0.25, 0.3) is 0 Å². The maximum absolute atomic E-state index is 11.4. The van der Waals surface area contributed by atoms with E-state index in [0.717, 1.165) is 12.8 Å². The van der Waals surface area contributed by atoms with Crippen molar-refractivity contribution in [1.29, 1.82) is 0 Å². The Labute approximate surface area is 94.6 Å². The molecule has 1 aliphatic rings. The zero-order valence-electron chi connectivity index (χ0n) is 8.45. The summed E-state index contributed by atoms with van der Waals surface area (Å²) in [4.78, 5) is 11.4. The highest BCUT2D eigenvalue weighted by atomic mass is 35.5. The van der Waals surface area contributed by atoms with Crippen LogP contribution in [0, 0.1) is 5.92 Å². The van der Waals surface area contributed by atoms with Crippen LogP contribution in [0.1, 0.15) is 24.4 Å². The highest BCUT2D eigenvalue weighted by Gasteiger charge is 2.39. The molecule has 1 N–H and O–H groups in total. The molecule has 0 aromatic heterocycles. The quantitative estimate of drug-likeness (QED) is 0.617. The van der Waals surface area contributed by atoms with Crippen LogP contribution in [-0.2, 0) is 4.79 Å². The number of β-lactam (4-membered cyclic amide) rings is 1. The maximum Gasteiger partial charge on any atom is 0.226 e. The van der Waals surface area contributed by atoms with E-state index < -0.39 is 0 Å². The number of rotatable bonds is 4. The normalized spacial score (nSPS) is 24.5. The molecule has 80 valence electrons. The monoisotopic (exact) mass is 223 g/mol. The maximum atomic E-state index is 11.4. The van der Waals surface area contributed by atoms with E-state index in [0.29, 0.717) is 5.88 Å². The highest BCUT2D eigenvalue weighted by Crippen LogP contribution is 2.33. The molecular weight excluding hydrogens is 210 g/mol. The van der Waals surface area contributed by atoms with Gasteiger partial charge in [0.1, 0.15) is 0 Å². The molecule has 1 saturated heterocycles. The van der Waals surface area contributed by atoms with Gasteiger partial charge in [0.05, 0.1) is 12.0 Å². The Kier molecular flexibility index (Phi) is 3.27. The molecule has 1 aliphatic heterocycles. The molecule has 0 aliphatic carbocycles. The van der Waals surface area contributed by atoms with Gasteiger partial charge < -0.3 is 5.32 Å². The lowest BCUT2D eigenvalue weighted by Gasteiger charge is -2.37. The summed E-state index contributed by atoms with van der Waals surface area (Å²) in [7, 11) is 0. The Morgan fingerprint density at radius 3 is 2.60 bits per heavy atom. The van der Waals surface area contributed by atoms with Crippen LogP contribution in [0.25, 0.3) is 0 Å². The van der Waals surface area contributed by atoms with Crippen molar-refractivity contribution in [2.75, 3.05) is 5.88 Å². The van der Waals surface area contributed by atoms with Crippen LogP contribution < -0.4 is 5.32 Å². The van der Waals surface area contributed by atoms with Crippen LogP contribution in [0.15, 0.2) is 30.3 Å². The number of benzene rings is 1. The number of carbonyl (C=O) groups excluding carboxylic acids is 1. The minimum Gasteiger partial charge on any atom is -0.348 e. The lowest BCUT2D eigenvalue weighted by atomic mass is 9.82. The number of hydrogen-bond acceptors (Lipinski definition) is 1. The third kappa shape index (κ3) is 2.15. The molecule has 2 nitrogen and oxygen atoms in total. The largest absolute Gasteiger partial charge is 0.348 e. The molecule has 1 fully saturated rings. The summed E-state index contributed by atoms with van der Waals surface area (Å²) in [5.74, 6) is 0.908. The van der Waals surface area contributed by atoms with Crippen molar-refractivity contribution in [1.82, 2.24) is 5.32 Å². The molecule has 0 radical (unpaired) electrons. The molecule has 2 rings (SSSR count). The number of alkyl halides is 1. The van der Waals surface area contributed by atoms with Crippen molar-refractivity contribution in [3.05, 3.63) is 35.9 Å². The molecular formula is C12H14ClNO. The molecule has 1 amide bonds. The molecule has 1 aromatic carbocycles. The topological polar surface area (TPSA) is 29.1 Å². The predicted molar refractivity (Wildman–Crippen MR) is 60.8 cm³/mol. The standard InChI is InChI=1S/C12H14ClNO/c13-8-4-7-10-11(14-12(10)15)9-5-2-1-3-6-9/h1-3,5-6,10-11H,4,7-8H2,(H,14,15)/t10-,11-/m1/s1. The number of nitrogens with one attached hydrogen (secondary N) is 1. The molecule has 2 atom stereocenters. The van der Waals surface area contributed by atoms with E-state index in [4.69, 9.17) is 11.6 Å². The number of hydrogen-bond donors (Lipinski definition) is 1. The van der Waals surface area contributed by atoms with E-state index in [-0.39, 0.29) is 17.9 Å². The van der Waals surface area contributed by atoms with Crippen LogP contribution in [0.2, 0.25) is 0 Å². The van der Waals surface area contributed by atoms with Gasteiger partial charge in [-0.15, -0.1) is 11.6 Å². The van der Waals surface area contributed by atoms with Crippen molar-refractivity contribution in [2.45, 2.75) is 18.9 Å². The van der Waals surface area contributed by atoms with Gasteiger partial charge in [0.15, 0.2) is 0 Å².